The van der Waals surface area contributed by atoms with Gasteiger partial charge in [0.15, 0.2) is 0 Å². The van der Waals surface area contributed by atoms with Gasteiger partial charge in [-0.15, -0.1) is 0 Å². The van der Waals surface area contributed by atoms with Crippen LogP contribution in [0.4, 0.5) is 0 Å². The van der Waals surface area contributed by atoms with Gasteiger partial charge in [-0.25, -0.2) is 0 Å². The van der Waals surface area contributed by atoms with Crippen LogP contribution in [-0.2, 0) is 4.74 Å². The Hall–Kier alpha value is -0.120. The first-order valence-corrected chi connectivity index (χ1v) is 4.33. The zero-order chi connectivity index (χ0) is 8.10. The molecule has 0 aromatic rings. The number of hydrogen-bond acceptors (Lipinski definition) is 3. The highest BCUT2D eigenvalue weighted by Gasteiger charge is 2.08. The zero-order valence-electron chi connectivity index (χ0n) is 7.47. The summed E-state index contributed by atoms with van der Waals surface area (Å²) in [7, 11) is 0. The van der Waals surface area contributed by atoms with Crippen molar-refractivity contribution in [2.75, 3.05) is 32.9 Å². The molecule has 1 saturated heterocycles. The fraction of sp³-hybridized carbons (Fsp3) is 1.00. The van der Waals surface area contributed by atoms with E-state index in [-0.39, 0.29) is 0 Å². The number of nitrogens with zero attached hydrogens (tertiary/aromatic N) is 1. The van der Waals surface area contributed by atoms with Gasteiger partial charge in [0.2, 0.25) is 0 Å². The Balaban J connectivity index is 2.05. The van der Waals surface area contributed by atoms with Gasteiger partial charge in [-0.3, -0.25) is 4.90 Å². The second-order valence-electron chi connectivity index (χ2n) is 3.21. The molecule has 66 valence electrons. The fourth-order valence-corrected chi connectivity index (χ4v) is 1.09. The molecule has 3 nitrogen and oxygen atoms in total. The molecule has 0 spiro atoms. The van der Waals surface area contributed by atoms with Crippen molar-refractivity contribution in [2.24, 2.45) is 0 Å². The number of nitrogens with one attached hydrogen (secondary N) is 1. The van der Waals surface area contributed by atoms with E-state index < -0.39 is 0 Å². The smallest absolute Gasteiger partial charge is 0.0994 e. The summed E-state index contributed by atoms with van der Waals surface area (Å²) in [5.74, 6) is 0. The van der Waals surface area contributed by atoms with Crippen molar-refractivity contribution in [3.8, 4) is 0 Å². The van der Waals surface area contributed by atoms with Crippen LogP contribution in [-0.4, -0.2) is 43.9 Å². The predicted molar refractivity (Wildman–Crippen MR) is 45.5 cm³/mol. The lowest BCUT2D eigenvalue weighted by molar-refractivity contribution is -0.0109. The molecule has 1 heterocycles. The van der Waals surface area contributed by atoms with Crippen molar-refractivity contribution in [1.82, 2.24) is 10.2 Å². The standard InChI is InChI=1S/C8H18N2O/c1-8(2)11-7-10-5-3-9-4-6-10/h8-9H,3-7H2,1-2H3. The van der Waals surface area contributed by atoms with Gasteiger partial charge in [-0.05, 0) is 13.8 Å². The maximum Gasteiger partial charge on any atom is 0.0994 e. The van der Waals surface area contributed by atoms with Gasteiger partial charge in [0.25, 0.3) is 0 Å². The maximum absolute atomic E-state index is 5.48. The van der Waals surface area contributed by atoms with Gasteiger partial charge in [0.05, 0.1) is 12.8 Å². The lowest BCUT2D eigenvalue weighted by Crippen LogP contribution is -2.44. The Morgan fingerprint density at radius 1 is 1.36 bits per heavy atom. The van der Waals surface area contributed by atoms with Crippen LogP contribution in [0.5, 0.6) is 0 Å². The summed E-state index contributed by atoms with van der Waals surface area (Å²) in [4.78, 5) is 2.33. The van der Waals surface area contributed by atoms with Gasteiger partial charge in [0, 0.05) is 26.2 Å². The van der Waals surface area contributed by atoms with E-state index in [0.29, 0.717) is 6.10 Å². The second kappa shape index (κ2) is 4.70. The number of piperazine rings is 1. The lowest BCUT2D eigenvalue weighted by atomic mass is 10.4. The third-order valence-corrected chi connectivity index (χ3v) is 1.80. The minimum Gasteiger partial charge on any atom is -0.363 e. The molecule has 11 heavy (non-hydrogen) atoms. The summed E-state index contributed by atoms with van der Waals surface area (Å²) in [6.45, 7) is 9.37. The first-order chi connectivity index (χ1) is 5.29. The Morgan fingerprint density at radius 3 is 2.55 bits per heavy atom. The average molecular weight is 158 g/mol. The zero-order valence-corrected chi connectivity index (χ0v) is 7.47. The lowest BCUT2D eigenvalue weighted by Gasteiger charge is -2.27. The molecular formula is C8H18N2O. The minimum atomic E-state index is 0.352. The molecule has 0 radical (unpaired) electrons. The normalized spacial score (nSPS) is 21.0. The highest BCUT2D eigenvalue weighted by atomic mass is 16.5. The Bertz CT molecular complexity index is 100. The topological polar surface area (TPSA) is 24.5 Å². The average Bonchev–Trinajstić information content (AvgIpc) is 2.03. The van der Waals surface area contributed by atoms with Crippen LogP contribution in [0.25, 0.3) is 0 Å². The van der Waals surface area contributed by atoms with Crippen molar-refractivity contribution in [1.29, 1.82) is 0 Å². The molecule has 1 aliphatic rings. The fourth-order valence-electron chi connectivity index (χ4n) is 1.09. The molecule has 0 amide bonds. The summed E-state index contributed by atoms with van der Waals surface area (Å²) in [5.41, 5.74) is 0. The summed E-state index contributed by atoms with van der Waals surface area (Å²) in [6, 6.07) is 0. The van der Waals surface area contributed by atoms with E-state index in [4.69, 9.17) is 4.74 Å². The van der Waals surface area contributed by atoms with Crippen molar-refractivity contribution < 1.29 is 4.74 Å². The number of rotatable bonds is 3. The highest BCUT2D eigenvalue weighted by molar-refractivity contribution is 4.64. The first-order valence-electron chi connectivity index (χ1n) is 4.33. The molecule has 1 N–H and O–H groups in total. The molecule has 0 aromatic heterocycles. The van der Waals surface area contributed by atoms with Crippen LogP contribution in [0.15, 0.2) is 0 Å². The van der Waals surface area contributed by atoms with E-state index in [0.717, 1.165) is 32.9 Å². The third-order valence-electron chi connectivity index (χ3n) is 1.80. The molecule has 1 fully saturated rings. The number of ether oxygens (including phenoxy) is 1. The summed E-state index contributed by atoms with van der Waals surface area (Å²) in [6.07, 6.45) is 0.352. The van der Waals surface area contributed by atoms with Gasteiger partial charge in [-0.1, -0.05) is 0 Å². The summed E-state index contributed by atoms with van der Waals surface area (Å²) in [5, 5.41) is 3.31. The first kappa shape index (κ1) is 8.97. The van der Waals surface area contributed by atoms with E-state index in [2.05, 4.69) is 24.1 Å². The summed E-state index contributed by atoms with van der Waals surface area (Å²) >= 11 is 0. The van der Waals surface area contributed by atoms with Gasteiger partial charge in [-0.2, -0.15) is 0 Å². The van der Waals surface area contributed by atoms with Crippen molar-refractivity contribution >= 4 is 0 Å². The molecule has 0 unspecified atom stereocenters. The van der Waals surface area contributed by atoms with Gasteiger partial charge < -0.3 is 10.1 Å². The van der Waals surface area contributed by atoms with Crippen LogP contribution in [0.1, 0.15) is 13.8 Å². The largest absolute Gasteiger partial charge is 0.363 e. The molecule has 0 aromatic carbocycles. The van der Waals surface area contributed by atoms with E-state index in [1.807, 2.05) is 0 Å². The van der Waals surface area contributed by atoms with E-state index >= 15 is 0 Å². The van der Waals surface area contributed by atoms with Crippen LogP contribution < -0.4 is 5.32 Å². The Kier molecular flexibility index (Phi) is 3.83. The maximum atomic E-state index is 5.48. The van der Waals surface area contributed by atoms with E-state index in [1.165, 1.54) is 0 Å². The molecule has 1 aliphatic heterocycles. The summed E-state index contributed by atoms with van der Waals surface area (Å²) < 4.78 is 5.48. The van der Waals surface area contributed by atoms with Crippen molar-refractivity contribution in [3.63, 3.8) is 0 Å². The van der Waals surface area contributed by atoms with Gasteiger partial charge >= 0.3 is 0 Å². The van der Waals surface area contributed by atoms with Gasteiger partial charge in [0.1, 0.15) is 0 Å². The Labute approximate surface area is 68.7 Å². The highest BCUT2D eigenvalue weighted by Crippen LogP contribution is 1.95. The van der Waals surface area contributed by atoms with Crippen molar-refractivity contribution in [2.45, 2.75) is 20.0 Å². The SMILES string of the molecule is CC(C)OCN1CCNCC1. The molecule has 0 bridgehead atoms. The molecule has 3 heteroatoms. The van der Waals surface area contributed by atoms with E-state index in [1.54, 1.807) is 0 Å². The third kappa shape index (κ3) is 3.70. The predicted octanol–water partition coefficient (Wildman–Crippen LogP) is 0.274. The molecule has 1 rings (SSSR count). The second-order valence-corrected chi connectivity index (χ2v) is 3.21. The molecule has 0 aliphatic carbocycles. The van der Waals surface area contributed by atoms with Crippen LogP contribution in [0.2, 0.25) is 0 Å². The molecule has 0 atom stereocenters. The monoisotopic (exact) mass is 158 g/mol. The molecule has 0 saturated carbocycles. The van der Waals surface area contributed by atoms with E-state index in [9.17, 15) is 0 Å². The van der Waals surface area contributed by atoms with Crippen LogP contribution >= 0.6 is 0 Å². The van der Waals surface area contributed by atoms with Crippen molar-refractivity contribution in [3.05, 3.63) is 0 Å². The quantitative estimate of drug-likeness (QED) is 0.638. The number of hydrogen-bond donors (Lipinski definition) is 1. The van der Waals surface area contributed by atoms with Crippen LogP contribution in [0.3, 0.4) is 0 Å². The Morgan fingerprint density at radius 2 is 2.00 bits per heavy atom. The molecular weight excluding hydrogens is 140 g/mol. The van der Waals surface area contributed by atoms with Crippen LogP contribution in [0, 0.1) is 0 Å². The minimum absolute atomic E-state index is 0.352.